The summed E-state index contributed by atoms with van der Waals surface area (Å²) in [4.78, 5) is 11.4. The summed E-state index contributed by atoms with van der Waals surface area (Å²) >= 11 is 2.10. The summed E-state index contributed by atoms with van der Waals surface area (Å²) in [5.74, 6) is 0.280. The molecule has 0 amide bonds. The molecule has 0 aliphatic rings. The average Bonchev–Trinajstić information content (AvgIpc) is 2.03. The number of alkyl halides is 1. The highest BCUT2D eigenvalue weighted by molar-refractivity contribution is 14.1. The largest absolute Gasteiger partial charge is 0.384 e. The normalized spacial score (nSPS) is 16.0. The molecule has 66 valence electrons. The van der Waals surface area contributed by atoms with Gasteiger partial charge in [0.05, 0.1) is 16.4 Å². The molecule has 0 aromatic carbocycles. The summed E-state index contributed by atoms with van der Waals surface area (Å²) in [6.07, 6.45) is 0.850. The maximum absolute atomic E-state index is 11.4. The van der Waals surface area contributed by atoms with Crippen molar-refractivity contribution in [3.05, 3.63) is 0 Å². The van der Waals surface area contributed by atoms with Gasteiger partial charge in [-0.2, -0.15) is 0 Å². The Labute approximate surface area is 81.8 Å². The molecule has 0 saturated heterocycles. The van der Waals surface area contributed by atoms with E-state index >= 15 is 0 Å². The SMILES string of the molecule is CCC(C)(COC)C(=O)CI. The zero-order valence-corrected chi connectivity index (χ0v) is 9.47. The van der Waals surface area contributed by atoms with Gasteiger partial charge in [-0.3, -0.25) is 4.79 Å². The van der Waals surface area contributed by atoms with Crippen molar-refractivity contribution in [1.29, 1.82) is 0 Å². The van der Waals surface area contributed by atoms with Gasteiger partial charge >= 0.3 is 0 Å². The number of carbonyl (C=O) groups excluding carboxylic acids is 1. The summed E-state index contributed by atoms with van der Waals surface area (Å²) in [7, 11) is 1.63. The molecule has 0 aromatic heterocycles. The Hall–Kier alpha value is 0.360. The summed E-state index contributed by atoms with van der Waals surface area (Å²) in [6.45, 7) is 4.51. The first kappa shape index (κ1) is 11.4. The van der Waals surface area contributed by atoms with Gasteiger partial charge in [0.15, 0.2) is 5.78 Å². The molecule has 0 heterocycles. The number of methoxy groups -OCH3 is 1. The first-order chi connectivity index (χ1) is 5.10. The molecule has 0 saturated carbocycles. The first-order valence-electron chi connectivity index (χ1n) is 3.69. The zero-order valence-electron chi connectivity index (χ0n) is 7.32. The van der Waals surface area contributed by atoms with Crippen LogP contribution in [0.15, 0.2) is 0 Å². The van der Waals surface area contributed by atoms with E-state index in [4.69, 9.17) is 4.74 Å². The molecule has 0 aliphatic carbocycles. The van der Waals surface area contributed by atoms with Crippen molar-refractivity contribution in [3.63, 3.8) is 0 Å². The first-order valence-corrected chi connectivity index (χ1v) is 5.21. The van der Waals surface area contributed by atoms with E-state index < -0.39 is 0 Å². The van der Waals surface area contributed by atoms with Crippen LogP contribution in [0.5, 0.6) is 0 Å². The van der Waals surface area contributed by atoms with Crippen molar-refractivity contribution in [2.24, 2.45) is 5.41 Å². The molecule has 0 rings (SSSR count). The molecular weight excluding hydrogens is 255 g/mol. The van der Waals surface area contributed by atoms with E-state index in [9.17, 15) is 4.79 Å². The van der Waals surface area contributed by atoms with E-state index in [0.717, 1.165) is 6.42 Å². The van der Waals surface area contributed by atoms with Crippen molar-refractivity contribution in [3.8, 4) is 0 Å². The Bertz CT molecular complexity index is 136. The Kier molecular flexibility index (Phi) is 5.25. The molecule has 11 heavy (non-hydrogen) atoms. The lowest BCUT2D eigenvalue weighted by Crippen LogP contribution is -2.32. The Balaban J connectivity index is 4.19. The standard InChI is InChI=1S/C8H15IO2/c1-4-8(2,6-11-3)7(10)5-9/h4-6H2,1-3H3. The minimum Gasteiger partial charge on any atom is -0.384 e. The highest BCUT2D eigenvalue weighted by Gasteiger charge is 2.29. The fourth-order valence-electron chi connectivity index (χ4n) is 0.860. The number of rotatable bonds is 5. The molecule has 0 radical (unpaired) electrons. The predicted molar refractivity (Wildman–Crippen MR) is 54.2 cm³/mol. The maximum atomic E-state index is 11.4. The second-order valence-electron chi connectivity index (χ2n) is 2.90. The number of halogens is 1. The fourth-order valence-corrected chi connectivity index (χ4v) is 1.78. The zero-order chi connectivity index (χ0) is 8.91. The fraction of sp³-hybridized carbons (Fsp3) is 0.875. The molecule has 0 aliphatic heterocycles. The predicted octanol–water partition coefficient (Wildman–Crippen LogP) is 2.05. The van der Waals surface area contributed by atoms with Crippen LogP contribution in [-0.4, -0.2) is 23.9 Å². The number of hydrogen-bond acceptors (Lipinski definition) is 2. The third kappa shape index (κ3) is 3.07. The van der Waals surface area contributed by atoms with Gasteiger partial charge in [0.2, 0.25) is 0 Å². The van der Waals surface area contributed by atoms with Gasteiger partial charge in [-0.15, -0.1) is 0 Å². The van der Waals surface area contributed by atoms with Crippen LogP contribution in [0.4, 0.5) is 0 Å². The van der Waals surface area contributed by atoms with Crippen molar-refractivity contribution >= 4 is 28.4 Å². The Morgan fingerprint density at radius 1 is 1.64 bits per heavy atom. The minimum absolute atomic E-state index is 0.268. The number of carbonyl (C=O) groups is 1. The lowest BCUT2D eigenvalue weighted by Gasteiger charge is -2.24. The molecule has 0 aromatic rings. The van der Waals surface area contributed by atoms with E-state index in [1.807, 2.05) is 13.8 Å². The van der Waals surface area contributed by atoms with Crippen molar-refractivity contribution < 1.29 is 9.53 Å². The molecule has 0 spiro atoms. The number of ketones is 1. The average molecular weight is 270 g/mol. The van der Waals surface area contributed by atoms with Gasteiger partial charge in [-0.05, 0) is 6.42 Å². The van der Waals surface area contributed by atoms with Crippen molar-refractivity contribution in [1.82, 2.24) is 0 Å². The van der Waals surface area contributed by atoms with Gasteiger partial charge < -0.3 is 4.74 Å². The van der Waals surface area contributed by atoms with E-state index in [2.05, 4.69) is 22.6 Å². The van der Waals surface area contributed by atoms with Crippen LogP contribution in [0.25, 0.3) is 0 Å². The topological polar surface area (TPSA) is 26.3 Å². The number of ether oxygens (including phenoxy) is 1. The molecule has 0 fully saturated rings. The lowest BCUT2D eigenvalue weighted by molar-refractivity contribution is -0.127. The summed E-state index contributed by atoms with van der Waals surface area (Å²) in [6, 6.07) is 0. The van der Waals surface area contributed by atoms with Crippen LogP contribution in [0.1, 0.15) is 20.3 Å². The number of Topliss-reactive ketones (excluding diaryl/α,β-unsaturated/α-hetero) is 1. The smallest absolute Gasteiger partial charge is 0.150 e. The van der Waals surface area contributed by atoms with Gasteiger partial charge in [0.25, 0.3) is 0 Å². The van der Waals surface area contributed by atoms with Gasteiger partial charge in [0, 0.05) is 7.11 Å². The van der Waals surface area contributed by atoms with Gasteiger partial charge in [0.1, 0.15) is 0 Å². The summed E-state index contributed by atoms with van der Waals surface area (Å²) in [5, 5.41) is 0. The third-order valence-corrected chi connectivity index (χ3v) is 2.73. The second kappa shape index (κ2) is 5.09. The molecule has 1 atom stereocenters. The summed E-state index contributed by atoms with van der Waals surface area (Å²) in [5.41, 5.74) is -0.268. The number of hydrogen-bond donors (Lipinski definition) is 0. The van der Waals surface area contributed by atoms with Gasteiger partial charge in [-0.25, -0.2) is 0 Å². The van der Waals surface area contributed by atoms with Crippen molar-refractivity contribution in [2.75, 3.05) is 18.1 Å². The third-order valence-electron chi connectivity index (χ3n) is 2.04. The highest BCUT2D eigenvalue weighted by atomic mass is 127. The van der Waals surface area contributed by atoms with Crippen LogP contribution in [0, 0.1) is 5.41 Å². The molecule has 2 nitrogen and oxygen atoms in total. The van der Waals surface area contributed by atoms with Crippen LogP contribution in [0.3, 0.4) is 0 Å². The minimum atomic E-state index is -0.268. The van der Waals surface area contributed by atoms with Crippen LogP contribution >= 0.6 is 22.6 Å². The molecular formula is C8H15IO2. The van der Waals surface area contributed by atoms with Crippen LogP contribution in [-0.2, 0) is 9.53 Å². The quantitative estimate of drug-likeness (QED) is 0.564. The van der Waals surface area contributed by atoms with Crippen LogP contribution < -0.4 is 0 Å². The monoisotopic (exact) mass is 270 g/mol. The van der Waals surface area contributed by atoms with E-state index in [1.165, 1.54) is 0 Å². The van der Waals surface area contributed by atoms with Crippen molar-refractivity contribution in [2.45, 2.75) is 20.3 Å². The van der Waals surface area contributed by atoms with E-state index in [-0.39, 0.29) is 11.2 Å². The molecule has 1 unspecified atom stereocenters. The van der Waals surface area contributed by atoms with E-state index in [0.29, 0.717) is 11.0 Å². The van der Waals surface area contributed by atoms with Crippen LogP contribution in [0.2, 0.25) is 0 Å². The summed E-state index contributed by atoms with van der Waals surface area (Å²) < 4.78 is 5.57. The molecule has 0 N–H and O–H groups in total. The molecule has 0 bridgehead atoms. The van der Waals surface area contributed by atoms with E-state index in [1.54, 1.807) is 7.11 Å². The lowest BCUT2D eigenvalue weighted by atomic mass is 9.85. The highest BCUT2D eigenvalue weighted by Crippen LogP contribution is 2.23. The second-order valence-corrected chi connectivity index (χ2v) is 3.67. The Morgan fingerprint density at radius 3 is 2.45 bits per heavy atom. The molecule has 3 heteroatoms. The van der Waals surface area contributed by atoms with Gasteiger partial charge in [-0.1, -0.05) is 36.4 Å². The Morgan fingerprint density at radius 2 is 2.18 bits per heavy atom. The maximum Gasteiger partial charge on any atom is 0.150 e.